The van der Waals surface area contributed by atoms with Gasteiger partial charge in [-0.2, -0.15) is 0 Å². The maximum atomic E-state index is 12.6. The van der Waals surface area contributed by atoms with Crippen molar-refractivity contribution in [3.05, 3.63) is 59.8 Å². The summed E-state index contributed by atoms with van der Waals surface area (Å²) < 4.78 is 0. The first kappa shape index (κ1) is 19.6. The Morgan fingerprint density at radius 2 is 1.94 bits per heavy atom. The molecule has 1 saturated heterocycles. The van der Waals surface area contributed by atoms with Crippen molar-refractivity contribution in [2.75, 3.05) is 30.3 Å². The number of rotatable bonds is 5. The zero-order valence-corrected chi connectivity index (χ0v) is 17.4. The van der Waals surface area contributed by atoms with E-state index in [1.165, 1.54) is 19.3 Å². The first-order chi connectivity index (χ1) is 15.2. The Hall–Kier alpha value is -3.38. The van der Waals surface area contributed by atoms with Crippen molar-refractivity contribution in [3.8, 4) is 0 Å². The maximum absolute atomic E-state index is 12.6. The lowest BCUT2D eigenvalue weighted by Gasteiger charge is -2.25. The van der Waals surface area contributed by atoms with Gasteiger partial charge in [0.25, 0.3) is 5.91 Å². The van der Waals surface area contributed by atoms with Crippen LogP contribution in [-0.2, 0) is 9.59 Å². The van der Waals surface area contributed by atoms with E-state index in [1.54, 1.807) is 0 Å². The maximum Gasteiger partial charge on any atom is 0.256 e. The Bertz CT molecular complexity index is 1170. The molecule has 1 fully saturated rings. The molecule has 3 heterocycles. The molecular weight excluding hydrogens is 388 g/mol. The Kier molecular flexibility index (Phi) is 5.30. The highest BCUT2D eigenvalue weighted by molar-refractivity contribution is 6.35. The predicted molar refractivity (Wildman–Crippen MR) is 125 cm³/mol. The molecule has 158 valence electrons. The first-order valence-electron chi connectivity index (χ1n) is 10.9. The number of carbonyl (C=O) groups is 2. The lowest BCUT2D eigenvalue weighted by atomic mass is 10.0. The average Bonchev–Trinajstić information content (AvgIpc) is 3.34. The molecule has 0 bridgehead atoms. The predicted octanol–water partition coefficient (Wildman–Crippen LogP) is 4.48. The van der Waals surface area contributed by atoms with Gasteiger partial charge >= 0.3 is 0 Å². The van der Waals surface area contributed by atoms with Crippen LogP contribution in [0.15, 0.2) is 48.7 Å². The van der Waals surface area contributed by atoms with Crippen LogP contribution in [0.1, 0.15) is 36.8 Å². The van der Waals surface area contributed by atoms with E-state index in [0.29, 0.717) is 17.7 Å². The zero-order valence-electron chi connectivity index (χ0n) is 17.4. The number of hydrogen-bond acceptors (Lipinski definition) is 3. The molecule has 6 heteroatoms. The molecular formula is C25H26N4O2. The molecule has 1 aromatic heterocycles. The summed E-state index contributed by atoms with van der Waals surface area (Å²) in [6.45, 7) is 2.96. The van der Waals surface area contributed by atoms with Crippen LogP contribution in [0, 0.1) is 0 Å². The minimum Gasteiger partial charge on any atom is -0.361 e. The summed E-state index contributed by atoms with van der Waals surface area (Å²) in [5.74, 6) is -0.126. The van der Waals surface area contributed by atoms with Gasteiger partial charge in [0.2, 0.25) is 5.91 Å². The zero-order chi connectivity index (χ0) is 21.2. The Morgan fingerprint density at radius 1 is 1.10 bits per heavy atom. The van der Waals surface area contributed by atoms with Crippen molar-refractivity contribution in [1.82, 2.24) is 9.88 Å². The van der Waals surface area contributed by atoms with Gasteiger partial charge in [0.1, 0.15) is 0 Å². The highest BCUT2D eigenvalue weighted by atomic mass is 16.2. The summed E-state index contributed by atoms with van der Waals surface area (Å²) in [4.78, 5) is 30.7. The van der Waals surface area contributed by atoms with Crippen LogP contribution in [-0.4, -0.2) is 41.3 Å². The van der Waals surface area contributed by atoms with E-state index in [4.69, 9.17) is 0 Å². The number of para-hydroxylation sites is 1. The quantitative estimate of drug-likeness (QED) is 0.539. The largest absolute Gasteiger partial charge is 0.361 e. The lowest BCUT2D eigenvalue weighted by Crippen LogP contribution is -2.32. The third-order valence-corrected chi connectivity index (χ3v) is 6.11. The molecule has 0 aliphatic carbocycles. The molecule has 2 aliphatic heterocycles. The SMILES string of the molecule is O=C(CCN1CCCCC1)Nc1ccc2c(c1)C(=Cc1c[nH]c3ccccc13)C(=O)N2. The summed E-state index contributed by atoms with van der Waals surface area (Å²) >= 11 is 0. The van der Waals surface area contributed by atoms with Crippen molar-refractivity contribution in [2.24, 2.45) is 0 Å². The van der Waals surface area contributed by atoms with Crippen molar-refractivity contribution in [2.45, 2.75) is 25.7 Å². The number of likely N-dealkylation sites (tertiary alicyclic amines) is 1. The summed E-state index contributed by atoms with van der Waals surface area (Å²) in [6.07, 6.45) is 8.03. The van der Waals surface area contributed by atoms with Gasteiger partial charge in [0, 0.05) is 58.1 Å². The average molecular weight is 415 g/mol. The van der Waals surface area contributed by atoms with Gasteiger partial charge in [-0.25, -0.2) is 0 Å². The van der Waals surface area contributed by atoms with E-state index in [0.717, 1.165) is 47.4 Å². The summed E-state index contributed by atoms with van der Waals surface area (Å²) in [6, 6.07) is 13.6. The molecule has 0 atom stereocenters. The van der Waals surface area contributed by atoms with Crippen molar-refractivity contribution < 1.29 is 9.59 Å². The number of benzene rings is 2. The Labute approximate surface area is 181 Å². The van der Waals surface area contributed by atoms with Gasteiger partial charge in [-0.05, 0) is 56.3 Å². The first-order valence-corrected chi connectivity index (χ1v) is 10.9. The third kappa shape index (κ3) is 4.11. The van der Waals surface area contributed by atoms with Crippen molar-refractivity contribution in [1.29, 1.82) is 0 Å². The minimum absolute atomic E-state index is 0.00460. The Balaban J connectivity index is 1.34. The monoisotopic (exact) mass is 414 g/mol. The van der Waals surface area contributed by atoms with E-state index in [9.17, 15) is 9.59 Å². The van der Waals surface area contributed by atoms with Gasteiger partial charge in [-0.15, -0.1) is 0 Å². The molecule has 3 aromatic rings. The number of amides is 2. The summed E-state index contributed by atoms with van der Waals surface area (Å²) in [5.41, 5.74) is 4.88. The highest BCUT2D eigenvalue weighted by Crippen LogP contribution is 2.36. The van der Waals surface area contributed by atoms with Gasteiger partial charge in [0.15, 0.2) is 0 Å². The van der Waals surface area contributed by atoms with E-state index < -0.39 is 0 Å². The lowest BCUT2D eigenvalue weighted by molar-refractivity contribution is -0.116. The van der Waals surface area contributed by atoms with Crippen LogP contribution in [0.25, 0.3) is 22.6 Å². The van der Waals surface area contributed by atoms with Crippen LogP contribution in [0.2, 0.25) is 0 Å². The molecule has 2 amide bonds. The molecule has 0 saturated carbocycles. The number of aromatic amines is 1. The second kappa shape index (κ2) is 8.40. The van der Waals surface area contributed by atoms with Crippen LogP contribution in [0.4, 0.5) is 11.4 Å². The fraction of sp³-hybridized carbons (Fsp3) is 0.280. The van der Waals surface area contributed by atoms with E-state index >= 15 is 0 Å². The standard InChI is InChI=1S/C25H26N4O2/c30-24(10-13-29-11-4-1-5-12-29)27-18-8-9-23-20(15-18)21(25(31)28-23)14-17-16-26-22-7-3-2-6-19(17)22/h2-3,6-9,14-16,26H,1,4-5,10-13H2,(H,27,30)(H,28,31). The normalized spacial score (nSPS) is 17.7. The van der Waals surface area contributed by atoms with E-state index in [2.05, 4.69) is 20.5 Å². The topological polar surface area (TPSA) is 77.2 Å². The number of piperidine rings is 1. The summed E-state index contributed by atoms with van der Waals surface area (Å²) in [5, 5.41) is 6.98. The molecule has 6 nitrogen and oxygen atoms in total. The molecule has 5 rings (SSSR count). The van der Waals surface area contributed by atoms with Gasteiger partial charge in [-0.3, -0.25) is 9.59 Å². The number of carbonyl (C=O) groups excluding carboxylic acids is 2. The second-order valence-electron chi connectivity index (χ2n) is 8.26. The highest BCUT2D eigenvalue weighted by Gasteiger charge is 2.25. The number of nitrogens with one attached hydrogen (secondary N) is 3. The number of nitrogens with zero attached hydrogens (tertiary/aromatic N) is 1. The molecule has 2 aliphatic rings. The molecule has 0 radical (unpaired) electrons. The van der Waals surface area contributed by atoms with Crippen LogP contribution in [0.5, 0.6) is 0 Å². The van der Waals surface area contributed by atoms with E-state index in [1.807, 2.05) is 54.7 Å². The number of H-pyrrole nitrogens is 1. The fourth-order valence-electron chi connectivity index (χ4n) is 4.44. The van der Waals surface area contributed by atoms with E-state index in [-0.39, 0.29) is 11.8 Å². The number of aromatic nitrogens is 1. The smallest absolute Gasteiger partial charge is 0.256 e. The van der Waals surface area contributed by atoms with Crippen LogP contribution in [0.3, 0.4) is 0 Å². The molecule has 3 N–H and O–H groups in total. The van der Waals surface area contributed by atoms with Crippen molar-refractivity contribution in [3.63, 3.8) is 0 Å². The van der Waals surface area contributed by atoms with Gasteiger partial charge < -0.3 is 20.5 Å². The summed E-state index contributed by atoms with van der Waals surface area (Å²) in [7, 11) is 0. The number of hydrogen-bond donors (Lipinski definition) is 3. The van der Waals surface area contributed by atoms with Crippen LogP contribution < -0.4 is 10.6 Å². The molecule has 0 spiro atoms. The van der Waals surface area contributed by atoms with Crippen LogP contribution >= 0.6 is 0 Å². The van der Waals surface area contributed by atoms with Crippen molar-refractivity contribution >= 4 is 45.7 Å². The Morgan fingerprint density at radius 3 is 2.81 bits per heavy atom. The molecule has 0 unspecified atom stereocenters. The fourth-order valence-corrected chi connectivity index (χ4v) is 4.44. The molecule has 2 aromatic carbocycles. The number of anilines is 2. The van der Waals surface area contributed by atoms with Gasteiger partial charge in [0.05, 0.1) is 0 Å². The number of fused-ring (bicyclic) bond motifs is 2. The third-order valence-electron chi connectivity index (χ3n) is 6.11. The second-order valence-corrected chi connectivity index (χ2v) is 8.26. The molecule has 31 heavy (non-hydrogen) atoms. The minimum atomic E-state index is -0.131. The van der Waals surface area contributed by atoms with Gasteiger partial charge in [-0.1, -0.05) is 24.6 Å².